The second kappa shape index (κ2) is 10.5. The third kappa shape index (κ3) is 5.50. The topological polar surface area (TPSA) is 182 Å². The van der Waals surface area contributed by atoms with E-state index in [0.29, 0.717) is 48.9 Å². The van der Waals surface area contributed by atoms with E-state index in [1.807, 2.05) is 11.0 Å². The lowest BCUT2D eigenvalue weighted by atomic mass is 10.0. The van der Waals surface area contributed by atoms with E-state index in [9.17, 15) is 24.4 Å². The van der Waals surface area contributed by atoms with Crippen LogP contribution in [0.25, 0.3) is 5.65 Å². The molecule has 1 aromatic carbocycles. The summed E-state index contributed by atoms with van der Waals surface area (Å²) in [6.07, 6.45) is 2.40. The Morgan fingerprint density at radius 2 is 2.00 bits per heavy atom. The van der Waals surface area contributed by atoms with E-state index in [0.717, 1.165) is 12.8 Å². The molecule has 3 N–H and O–H groups in total. The summed E-state index contributed by atoms with van der Waals surface area (Å²) in [5.74, 6) is 0.594. The molecule has 0 bridgehead atoms. The van der Waals surface area contributed by atoms with Crippen molar-refractivity contribution >= 4 is 46.0 Å². The SMILES string of the molecule is N#Cc1cc(Nc2nc(NC3CC3)c3ncc(C#N)n3n2)c(Cl)c(C(O)CN2CCN(S(=O)[O-])CC2)c1. The van der Waals surface area contributed by atoms with Crippen molar-refractivity contribution < 1.29 is 13.9 Å². The van der Waals surface area contributed by atoms with Crippen LogP contribution in [0.5, 0.6) is 0 Å². The molecule has 2 aromatic heterocycles. The summed E-state index contributed by atoms with van der Waals surface area (Å²) in [4.78, 5) is 10.7. The number of nitrogens with one attached hydrogen (secondary N) is 2. The molecular weight excluding hydrogens is 520 g/mol. The van der Waals surface area contributed by atoms with Crippen molar-refractivity contribution in [2.45, 2.75) is 25.0 Å². The fraction of sp³-hybridized carbons (Fsp3) is 0.409. The van der Waals surface area contributed by atoms with Gasteiger partial charge in [-0.2, -0.15) is 20.0 Å². The van der Waals surface area contributed by atoms with Gasteiger partial charge in [0.25, 0.3) is 0 Å². The van der Waals surface area contributed by atoms with Crippen LogP contribution in [0.3, 0.4) is 0 Å². The number of rotatable bonds is 8. The number of β-amino-alcohol motifs (C(OH)–C–C–N with tert-alkyl or cyclic N) is 1. The third-order valence-electron chi connectivity index (χ3n) is 6.20. The van der Waals surface area contributed by atoms with E-state index in [2.05, 4.69) is 31.8 Å². The van der Waals surface area contributed by atoms with Gasteiger partial charge in [-0.3, -0.25) is 9.11 Å². The standard InChI is InChI=1S/C22H23ClN10O3S/c23-19-16(18(34)12-31-3-5-32(6-4-31)37(35)36)7-13(9-24)8-17(19)28-22-29-20(27-14-1-2-14)21-26-11-15(10-25)33(21)30-22/h7-8,11,14,18,34H,1-6,12H2,(H,35,36)(H2,27,28,29,30)/p-1. The molecule has 192 valence electrons. The molecule has 5 rings (SSSR count). The zero-order valence-corrected chi connectivity index (χ0v) is 21.0. The van der Waals surface area contributed by atoms with Crippen LogP contribution >= 0.6 is 11.6 Å². The van der Waals surface area contributed by atoms with E-state index in [-0.39, 0.29) is 34.8 Å². The number of aliphatic hydroxyl groups excluding tert-OH is 1. The maximum atomic E-state index is 11.1. The lowest BCUT2D eigenvalue weighted by Crippen LogP contribution is -2.47. The van der Waals surface area contributed by atoms with Gasteiger partial charge in [-0.25, -0.2) is 9.29 Å². The number of anilines is 3. The molecule has 13 nitrogen and oxygen atoms in total. The Labute approximate surface area is 219 Å². The number of nitrogens with zero attached hydrogens (tertiary/aromatic N) is 8. The molecule has 2 aliphatic rings. The van der Waals surface area contributed by atoms with Gasteiger partial charge in [-0.05, 0) is 25.0 Å². The summed E-state index contributed by atoms with van der Waals surface area (Å²) in [7, 11) is 0. The lowest BCUT2D eigenvalue weighted by molar-refractivity contribution is 0.0917. The Hall–Kier alpha value is -3.37. The van der Waals surface area contributed by atoms with Gasteiger partial charge in [0, 0.05) is 55.6 Å². The van der Waals surface area contributed by atoms with Crippen LogP contribution in [0.1, 0.15) is 35.8 Å². The minimum Gasteiger partial charge on any atom is -0.760 e. The highest BCUT2D eigenvalue weighted by molar-refractivity contribution is 7.76. The van der Waals surface area contributed by atoms with E-state index >= 15 is 0 Å². The molecule has 2 fully saturated rings. The largest absolute Gasteiger partial charge is 0.760 e. The Morgan fingerprint density at radius 3 is 2.65 bits per heavy atom. The highest BCUT2D eigenvalue weighted by Crippen LogP contribution is 2.34. The van der Waals surface area contributed by atoms with E-state index in [4.69, 9.17) is 11.6 Å². The van der Waals surface area contributed by atoms with Crippen molar-refractivity contribution in [2.75, 3.05) is 43.4 Å². The van der Waals surface area contributed by atoms with Crippen LogP contribution in [0, 0.1) is 22.7 Å². The van der Waals surface area contributed by atoms with Gasteiger partial charge in [-0.15, -0.1) is 5.10 Å². The summed E-state index contributed by atoms with van der Waals surface area (Å²) in [5, 5.41) is 40.9. The van der Waals surface area contributed by atoms with Gasteiger partial charge in [0.2, 0.25) is 5.95 Å². The summed E-state index contributed by atoms with van der Waals surface area (Å²) in [6, 6.07) is 7.45. The summed E-state index contributed by atoms with van der Waals surface area (Å²) >= 11 is 4.40. The smallest absolute Gasteiger partial charge is 0.247 e. The first-order chi connectivity index (χ1) is 17.9. The van der Waals surface area contributed by atoms with Gasteiger partial charge in [0.05, 0.1) is 34.6 Å². The third-order valence-corrected chi connectivity index (χ3v) is 7.41. The molecule has 37 heavy (non-hydrogen) atoms. The van der Waals surface area contributed by atoms with Crippen LogP contribution in [0.2, 0.25) is 5.02 Å². The van der Waals surface area contributed by atoms with Gasteiger partial charge in [-0.1, -0.05) is 11.6 Å². The van der Waals surface area contributed by atoms with Crippen LogP contribution in [-0.4, -0.2) is 81.4 Å². The van der Waals surface area contributed by atoms with E-state index in [1.165, 1.54) is 27.2 Å². The summed E-state index contributed by atoms with van der Waals surface area (Å²) < 4.78 is 25.0. The first-order valence-corrected chi connectivity index (χ1v) is 12.9. The normalized spacial score (nSPS) is 18.2. The predicted octanol–water partition coefficient (Wildman–Crippen LogP) is 1.28. The maximum Gasteiger partial charge on any atom is 0.247 e. The average Bonchev–Trinajstić information content (AvgIpc) is 3.61. The van der Waals surface area contributed by atoms with E-state index < -0.39 is 17.4 Å². The number of aromatic nitrogens is 4. The van der Waals surface area contributed by atoms with Crippen LogP contribution in [-0.2, 0) is 11.3 Å². The predicted molar refractivity (Wildman–Crippen MR) is 133 cm³/mol. The number of fused-ring (bicyclic) bond motifs is 1. The molecule has 3 aromatic rings. The number of hydrogen-bond acceptors (Lipinski definition) is 11. The van der Waals surface area contributed by atoms with Crippen molar-refractivity contribution in [1.29, 1.82) is 10.5 Å². The monoisotopic (exact) mass is 541 g/mol. The number of piperazine rings is 1. The number of benzene rings is 1. The van der Waals surface area contributed by atoms with E-state index in [1.54, 1.807) is 0 Å². The molecule has 0 amide bonds. The van der Waals surface area contributed by atoms with Crippen molar-refractivity contribution in [3.05, 3.63) is 40.2 Å². The molecule has 15 heteroatoms. The Balaban J connectivity index is 1.42. The van der Waals surface area contributed by atoms with Gasteiger partial charge >= 0.3 is 0 Å². The second-order valence-electron chi connectivity index (χ2n) is 8.82. The molecule has 2 atom stereocenters. The van der Waals surface area contributed by atoms with Gasteiger partial charge in [0.15, 0.2) is 17.2 Å². The highest BCUT2D eigenvalue weighted by Gasteiger charge is 2.26. The molecule has 3 heterocycles. The van der Waals surface area contributed by atoms with Crippen molar-refractivity contribution in [1.82, 2.24) is 28.8 Å². The van der Waals surface area contributed by atoms with Crippen LogP contribution < -0.4 is 10.6 Å². The van der Waals surface area contributed by atoms with Gasteiger partial charge in [0.1, 0.15) is 6.07 Å². The zero-order chi connectivity index (χ0) is 26.1. The second-order valence-corrected chi connectivity index (χ2v) is 10.1. The fourth-order valence-corrected chi connectivity index (χ4v) is 4.84. The Bertz CT molecular complexity index is 1440. The Kier molecular flexibility index (Phi) is 7.21. The van der Waals surface area contributed by atoms with Crippen molar-refractivity contribution in [2.24, 2.45) is 0 Å². The minimum atomic E-state index is -2.27. The first kappa shape index (κ1) is 25.3. The average molecular weight is 542 g/mol. The first-order valence-electron chi connectivity index (χ1n) is 11.5. The molecule has 1 saturated carbocycles. The lowest BCUT2D eigenvalue weighted by Gasteiger charge is -2.36. The molecule has 1 aliphatic carbocycles. The molecule has 1 aliphatic heterocycles. The quantitative estimate of drug-likeness (QED) is 0.349. The number of nitriles is 2. The number of aliphatic hydroxyl groups is 1. The Morgan fingerprint density at radius 1 is 1.24 bits per heavy atom. The minimum absolute atomic E-state index is 0.129. The number of hydrogen-bond donors (Lipinski definition) is 3. The van der Waals surface area contributed by atoms with Crippen molar-refractivity contribution in [3.8, 4) is 12.1 Å². The van der Waals surface area contributed by atoms with Crippen LogP contribution in [0.15, 0.2) is 18.3 Å². The summed E-state index contributed by atoms with van der Waals surface area (Å²) in [6.45, 7) is 1.80. The zero-order valence-electron chi connectivity index (χ0n) is 19.5. The summed E-state index contributed by atoms with van der Waals surface area (Å²) in [5.41, 5.74) is 1.58. The van der Waals surface area contributed by atoms with Crippen LogP contribution in [0.4, 0.5) is 17.5 Å². The van der Waals surface area contributed by atoms with Crippen molar-refractivity contribution in [3.63, 3.8) is 0 Å². The maximum absolute atomic E-state index is 11.1. The molecule has 0 spiro atoms. The number of imidazole rings is 1. The fourth-order valence-electron chi connectivity index (χ4n) is 4.10. The molecular formula is C22H22ClN10O3S-. The van der Waals surface area contributed by atoms with Gasteiger partial charge < -0.3 is 20.3 Å². The molecule has 1 saturated heterocycles. The highest BCUT2D eigenvalue weighted by atomic mass is 35.5. The number of halogens is 1. The molecule has 2 unspecified atom stereocenters. The molecule has 0 radical (unpaired) electrons.